The molecule has 16 heavy (non-hydrogen) atoms. The van der Waals surface area contributed by atoms with Crippen molar-refractivity contribution >= 4 is 0 Å². The first-order valence-electron chi connectivity index (χ1n) is 7.74. The molecule has 0 heteroatoms. The van der Waals surface area contributed by atoms with Gasteiger partial charge in [-0.05, 0) is 11.8 Å². The van der Waals surface area contributed by atoms with Crippen LogP contribution in [0.1, 0.15) is 91.9 Å². The van der Waals surface area contributed by atoms with Crippen molar-refractivity contribution in [3.8, 4) is 0 Å². The molecular weight excluding hydrogens is 192 g/mol. The molecule has 0 aliphatic carbocycles. The molecule has 0 aliphatic heterocycles. The molecule has 2 atom stereocenters. The lowest BCUT2D eigenvalue weighted by molar-refractivity contribution is 0.347. The highest BCUT2D eigenvalue weighted by atomic mass is 14.2. The summed E-state index contributed by atoms with van der Waals surface area (Å²) in [5.74, 6) is 1.97. The van der Waals surface area contributed by atoms with E-state index in [4.69, 9.17) is 0 Å². The summed E-state index contributed by atoms with van der Waals surface area (Å²) in [6.07, 6.45) is 14.3. The van der Waals surface area contributed by atoms with E-state index in [1.807, 2.05) is 0 Å². The van der Waals surface area contributed by atoms with E-state index in [0.717, 1.165) is 11.8 Å². The smallest absolute Gasteiger partial charge is 0.0414 e. The number of unbranched alkanes of at least 4 members (excludes halogenated alkanes) is 3. The van der Waals surface area contributed by atoms with Gasteiger partial charge in [0.05, 0.1) is 0 Å². The van der Waals surface area contributed by atoms with E-state index in [-0.39, 0.29) is 0 Å². The second-order valence-corrected chi connectivity index (χ2v) is 5.59. The second-order valence-electron chi connectivity index (χ2n) is 5.59. The van der Waals surface area contributed by atoms with Gasteiger partial charge in [-0.1, -0.05) is 91.9 Å². The third-order valence-corrected chi connectivity index (χ3v) is 3.95. The Morgan fingerprint density at radius 2 is 1.31 bits per heavy atom. The topological polar surface area (TPSA) is 0 Å². The van der Waals surface area contributed by atoms with Crippen molar-refractivity contribution in [2.24, 2.45) is 11.8 Å². The summed E-state index contributed by atoms with van der Waals surface area (Å²) in [4.78, 5) is 0. The standard InChI is InChI=1S/C16H34/c1-5-8-10-12-16(11-9-6-2)14-13-15(4)7-3/h15-16H,5-14H2,1-4H3. The predicted molar refractivity (Wildman–Crippen MR) is 75.8 cm³/mol. The summed E-state index contributed by atoms with van der Waals surface area (Å²) >= 11 is 0. The Hall–Kier alpha value is 0. The number of rotatable bonds is 11. The third kappa shape index (κ3) is 9.24. The van der Waals surface area contributed by atoms with Gasteiger partial charge in [-0.3, -0.25) is 0 Å². The monoisotopic (exact) mass is 226 g/mol. The highest BCUT2D eigenvalue weighted by Crippen LogP contribution is 2.24. The fourth-order valence-corrected chi connectivity index (χ4v) is 2.33. The Balaban J connectivity index is 3.70. The fraction of sp³-hybridized carbons (Fsp3) is 1.00. The first-order valence-corrected chi connectivity index (χ1v) is 7.74. The molecule has 0 amide bonds. The normalized spacial score (nSPS) is 15.0. The molecule has 0 aliphatic rings. The van der Waals surface area contributed by atoms with Crippen molar-refractivity contribution in [2.75, 3.05) is 0 Å². The van der Waals surface area contributed by atoms with Gasteiger partial charge in [-0.25, -0.2) is 0 Å². The minimum Gasteiger partial charge on any atom is -0.0654 e. The Kier molecular flexibility index (Phi) is 11.5. The second kappa shape index (κ2) is 11.5. The van der Waals surface area contributed by atoms with Crippen LogP contribution in [0.5, 0.6) is 0 Å². The summed E-state index contributed by atoms with van der Waals surface area (Å²) in [6, 6.07) is 0. The first kappa shape index (κ1) is 16.0. The van der Waals surface area contributed by atoms with Crippen molar-refractivity contribution < 1.29 is 0 Å². The summed E-state index contributed by atoms with van der Waals surface area (Å²) in [6.45, 7) is 9.35. The van der Waals surface area contributed by atoms with Crippen LogP contribution in [-0.4, -0.2) is 0 Å². The SMILES string of the molecule is CCCCCC(CCCC)CCC(C)CC. The molecule has 0 N–H and O–H groups in total. The largest absolute Gasteiger partial charge is 0.0654 e. The zero-order valence-corrected chi connectivity index (χ0v) is 12.2. The average molecular weight is 226 g/mol. The van der Waals surface area contributed by atoms with E-state index in [2.05, 4.69) is 27.7 Å². The zero-order chi connectivity index (χ0) is 12.2. The van der Waals surface area contributed by atoms with Gasteiger partial charge in [0.1, 0.15) is 0 Å². The molecule has 0 bridgehead atoms. The molecule has 0 radical (unpaired) electrons. The van der Waals surface area contributed by atoms with Crippen LogP contribution in [0.2, 0.25) is 0 Å². The van der Waals surface area contributed by atoms with Crippen LogP contribution in [0.3, 0.4) is 0 Å². The summed E-state index contributed by atoms with van der Waals surface area (Å²) in [7, 11) is 0. The Morgan fingerprint density at radius 1 is 0.688 bits per heavy atom. The molecule has 0 nitrogen and oxygen atoms in total. The maximum Gasteiger partial charge on any atom is -0.0414 e. The average Bonchev–Trinajstić information content (AvgIpc) is 2.31. The minimum atomic E-state index is 0.940. The lowest BCUT2D eigenvalue weighted by Gasteiger charge is -2.18. The van der Waals surface area contributed by atoms with E-state index >= 15 is 0 Å². The van der Waals surface area contributed by atoms with Gasteiger partial charge in [-0.15, -0.1) is 0 Å². The molecule has 0 spiro atoms. The Bertz CT molecular complexity index is 128. The van der Waals surface area contributed by atoms with E-state index in [9.17, 15) is 0 Å². The number of hydrogen-bond donors (Lipinski definition) is 0. The highest BCUT2D eigenvalue weighted by Gasteiger charge is 2.09. The summed E-state index contributed by atoms with van der Waals surface area (Å²) in [5, 5.41) is 0. The first-order chi connectivity index (χ1) is 7.74. The lowest BCUT2D eigenvalue weighted by Crippen LogP contribution is -2.04. The van der Waals surface area contributed by atoms with Crippen LogP contribution in [0.4, 0.5) is 0 Å². The molecule has 0 saturated heterocycles. The quantitative estimate of drug-likeness (QED) is 0.368. The molecule has 2 unspecified atom stereocenters. The highest BCUT2D eigenvalue weighted by molar-refractivity contribution is 4.62. The number of hydrogen-bond acceptors (Lipinski definition) is 0. The molecule has 0 saturated carbocycles. The van der Waals surface area contributed by atoms with Gasteiger partial charge in [0.25, 0.3) is 0 Å². The van der Waals surface area contributed by atoms with Crippen molar-refractivity contribution in [1.82, 2.24) is 0 Å². The van der Waals surface area contributed by atoms with Gasteiger partial charge in [0, 0.05) is 0 Å². The maximum atomic E-state index is 2.41. The van der Waals surface area contributed by atoms with Crippen molar-refractivity contribution in [1.29, 1.82) is 0 Å². The third-order valence-electron chi connectivity index (χ3n) is 3.95. The zero-order valence-electron chi connectivity index (χ0n) is 12.2. The molecule has 0 rings (SSSR count). The molecule has 0 fully saturated rings. The molecule has 0 aromatic heterocycles. The van der Waals surface area contributed by atoms with Gasteiger partial charge in [0.15, 0.2) is 0 Å². The van der Waals surface area contributed by atoms with Crippen LogP contribution in [-0.2, 0) is 0 Å². The Morgan fingerprint density at radius 3 is 1.88 bits per heavy atom. The summed E-state index contributed by atoms with van der Waals surface area (Å²) in [5.41, 5.74) is 0. The van der Waals surface area contributed by atoms with E-state index in [1.54, 1.807) is 0 Å². The van der Waals surface area contributed by atoms with Gasteiger partial charge in [-0.2, -0.15) is 0 Å². The van der Waals surface area contributed by atoms with Crippen LogP contribution in [0, 0.1) is 11.8 Å². The van der Waals surface area contributed by atoms with Crippen molar-refractivity contribution in [3.63, 3.8) is 0 Å². The van der Waals surface area contributed by atoms with Crippen molar-refractivity contribution in [3.05, 3.63) is 0 Å². The maximum absolute atomic E-state index is 2.41. The van der Waals surface area contributed by atoms with Gasteiger partial charge < -0.3 is 0 Å². The minimum absolute atomic E-state index is 0.940. The molecular formula is C16H34. The van der Waals surface area contributed by atoms with Crippen LogP contribution in [0.15, 0.2) is 0 Å². The van der Waals surface area contributed by atoms with Crippen LogP contribution < -0.4 is 0 Å². The van der Waals surface area contributed by atoms with Crippen LogP contribution in [0.25, 0.3) is 0 Å². The lowest BCUT2D eigenvalue weighted by atomic mass is 9.88. The van der Waals surface area contributed by atoms with Crippen LogP contribution >= 0.6 is 0 Å². The molecule has 0 aromatic carbocycles. The van der Waals surface area contributed by atoms with E-state index in [0.29, 0.717) is 0 Å². The molecule has 0 heterocycles. The summed E-state index contributed by atoms with van der Waals surface area (Å²) < 4.78 is 0. The van der Waals surface area contributed by atoms with E-state index in [1.165, 1.54) is 64.2 Å². The molecule has 98 valence electrons. The Labute approximate surface area is 104 Å². The van der Waals surface area contributed by atoms with Gasteiger partial charge >= 0.3 is 0 Å². The fourth-order valence-electron chi connectivity index (χ4n) is 2.33. The van der Waals surface area contributed by atoms with Crippen molar-refractivity contribution in [2.45, 2.75) is 91.9 Å². The molecule has 0 aromatic rings. The predicted octanol–water partition coefficient (Wildman–Crippen LogP) is 6.20. The van der Waals surface area contributed by atoms with Gasteiger partial charge in [0.2, 0.25) is 0 Å². The van der Waals surface area contributed by atoms with E-state index < -0.39 is 0 Å².